The second-order valence-electron chi connectivity index (χ2n) is 3.84. The molecule has 0 radical (unpaired) electrons. The molecule has 0 amide bonds. The minimum Gasteiger partial charge on any atom is -0.282 e. The normalized spacial score (nSPS) is 12.1. The molecule has 0 atom stereocenters. The molecule has 0 spiro atoms. The molecule has 1 aromatic heterocycles. The van der Waals surface area contributed by atoms with Crippen molar-refractivity contribution in [1.29, 1.82) is 0 Å². The van der Waals surface area contributed by atoms with E-state index in [1.165, 1.54) is 18.2 Å². The maximum absolute atomic E-state index is 11.0. The molecule has 90 valence electrons. The average molecular weight is 260 g/mol. The monoisotopic (exact) mass is 260 g/mol. The lowest BCUT2D eigenvalue weighted by Crippen LogP contribution is -1.98. The van der Waals surface area contributed by atoms with Gasteiger partial charge in [0.05, 0.1) is 27.0 Å². The highest BCUT2D eigenvalue weighted by Gasteiger charge is 2.11. The number of hydrogen-bond donors (Lipinski definition) is 1. The highest BCUT2D eigenvalue weighted by atomic mass is 32.2. The molecule has 6 heteroatoms. The Morgan fingerprint density at radius 1 is 0.833 bits per heavy atom. The Morgan fingerprint density at radius 2 is 1.39 bits per heavy atom. The van der Waals surface area contributed by atoms with Gasteiger partial charge in [0, 0.05) is 0 Å². The summed E-state index contributed by atoms with van der Waals surface area (Å²) in [4.78, 5) is 8.49. The zero-order valence-electron chi connectivity index (χ0n) is 9.11. The Morgan fingerprint density at radius 3 is 2.00 bits per heavy atom. The van der Waals surface area contributed by atoms with Gasteiger partial charge in [0.1, 0.15) is 0 Å². The summed E-state index contributed by atoms with van der Waals surface area (Å²) in [5.74, 6) is 0. The Balaban J connectivity index is 2.37. The van der Waals surface area contributed by atoms with Crippen LogP contribution in [0.5, 0.6) is 0 Å². The van der Waals surface area contributed by atoms with Crippen LogP contribution in [0, 0.1) is 0 Å². The summed E-state index contributed by atoms with van der Waals surface area (Å²) in [7, 11) is -4.22. The SMILES string of the molecule is O=S(=O)(O)c1ccc2nc3ccccc3nc2c1. The van der Waals surface area contributed by atoms with E-state index in [9.17, 15) is 8.42 Å². The standard InChI is InChI=1S/C12H8N2O3S/c15-18(16,17)8-5-6-11-12(7-8)14-10-4-2-1-3-9(10)13-11/h1-7H,(H,15,16,17). The van der Waals surface area contributed by atoms with Gasteiger partial charge >= 0.3 is 0 Å². The van der Waals surface area contributed by atoms with Crippen LogP contribution in [0.25, 0.3) is 22.1 Å². The molecule has 0 fully saturated rings. The van der Waals surface area contributed by atoms with E-state index in [0.717, 1.165) is 5.52 Å². The van der Waals surface area contributed by atoms with Crippen molar-refractivity contribution in [3.8, 4) is 0 Å². The van der Waals surface area contributed by atoms with E-state index in [1.807, 2.05) is 18.2 Å². The minimum atomic E-state index is -4.22. The van der Waals surface area contributed by atoms with Gasteiger partial charge < -0.3 is 0 Å². The fourth-order valence-electron chi connectivity index (χ4n) is 1.76. The quantitative estimate of drug-likeness (QED) is 0.535. The maximum Gasteiger partial charge on any atom is 0.294 e. The highest BCUT2D eigenvalue weighted by Crippen LogP contribution is 2.19. The largest absolute Gasteiger partial charge is 0.294 e. The van der Waals surface area contributed by atoms with Crippen molar-refractivity contribution in [1.82, 2.24) is 9.97 Å². The third-order valence-corrected chi connectivity index (χ3v) is 3.46. The number of fused-ring (bicyclic) bond motifs is 2. The first-order chi connectivity index (χ1) is 8.54. The molecule has 0 saturated heterocycles. The van der Waals surface area contributed by atoms with E-state index in [1.54, 1.807) is 6.07 Å². The zero-order chi connectivity index (χ0) is 12.8. The highest BCUT2D eigenvalue weighted by molar-refractivity contribution is 7.85. The van der Waals surface area contributed by atoms with E-state index in [-0.39, 0.29) is 4.90 Å². The third kappa shape index (κ3) is 1.81. The average Bonchev–Trinajstić information content (AvgIpc) is 2.34. The lowest BCUT2D eigenvalue weighted by molar-refractivity contribution is 0.483. The van der Waals surface area contributed by atoms with Gasteiger partial charge in [0.15, 0.2) is 0 Å². The van der Waals surface area contributed by atoms with Crippen LogP contribution in [0.4, 0.5) is 0 Å². The summed E-state index contributed by atoms with van der Waals surface area (Å²) in [6, 6.07) is 11.5. The summed E-state index contributed by atoms with van der Waals surface area (Å²) in [6.45, 7) is 0. The molecule has 3 aromatic rings. The fourth-order valence-corrected chi connectivity index (χ4v) is 2.26. The smallest absolute Gasteiger partial charge is 0.282 e. The molecule has 0 saturated carbocycles. The predicted octanol–water partition coefficient (Wildman–Crippen LogP) is 2.03. The molecule has 0 aliphatic rings. The van der Waals surface area contributed by atoms with Crippen LogP contribution in [0.1, 0.15) is 0 Å². The first kappa shape index (κ1) is 11.1. The van der Waals surface area contributed by atoms with Crippen LogP contribution >= 0.6 is 0 Å². The Labute approximate surface area is 103 Å². The third-order valence-electron chi connectivity index (χ3n) is 2.61. The molecular weight excluding hydrogens is 252 g/mol. The Hall–Kier alpha value is -2.05. The van der Waals surface area contributed by atoms with Crippen LogP contribution in [0.2, 0.25) is 0 Å². The number of aromatic nitrogens is 2. The van der Waals surface area contributed by atoms with Crippen LogP contribution in [0.3, 0.4) is 0 Å². The van der Waals surface area contributed by atoms with Gasteiger partial charge in [0.25, 0.3) is 10.1 Å². The summed E-state index contributed by atoms with van der Waals surface area (Å²) in [5.41, 5.74) is 2.44. The van der Waals surface area contributed by atoms with Crippen molar-refractivity contribution < 1.29 is 13.0 Å². The molecule has 1 heterocycles. The first-order valence-corrected chi connectivity index (χ1v) is 6.62. The summed E-state index contributed by atoms with van der Waals surface area (Å²) in [5, 5.41) is 0. The molecule has 18 heavy (non-hydrogen) atoms. The van der Waals surface area contributed by atoms with E-state index >= 15 is 0 Å². The molecule has 2 aromatic carbocycles. The zero-order valence-corrected chi connectivity index (χ0v) is 9.92. The number of rotatable bonds is 1. The van der Waals surface area contributed by atoms with E-state index in [4.69, 9.17) is 4.55 Å². The Bertz CT molecular complexity index is 859. The van der Waals surface area contributed by atoms with Gasteiger partial charge in [-0.3, -0.25) is 4.55 Å². The number of hydrogen-bond acceptors (Lipinski definition) is 4. The van der Waals surface area contributed by atoms with Gasteiger partial charge in [-0.25, -0.2) is 9.97 Å². The van der Waals surface area contributed by atoms with Gasteiger partial charge in [-0.15, -0.1) is 0 Å². The number of benzene rings is 2. The van der Waals surface area contributed by atoms with Gasteiger partial charge in [-0.1, -0.05) is 12.1 Å². The molecular formula is C12H8N2O3S. The summed E-state index contributed by atoms with van der Waals surface area (Å²) in [6.07, 6.45) is 0. The van der Waals surface area contributed by atoms with Crippen LogP contribution < -0.4 is 0 Å². The number of para-hydroxylation sites is 2. The molecule has 0 unspecified atom stereocenters. The second-order valence-corrected chi connectivity index (χ2v) is 5.26. The summed E-state index contributed by atoms with van der Waals surface area (Å²) >= 11 is 0. The van der Waals surface area contributed by atoms with Crippen LogP contribution in [0.15, 0.2) is 47.4 Å². The van der Waals surface area contributed by atoms with Gasteiger partial charge in [0.2, 0.25) is 0 Å². The van der Waals surface area contributed by atoms with E-state index in [0.29, 0.717) is 16.6 Å². The Kier molecular flexibility index (Phi) is 2.29. The van der Waals surface area contributed by atoms with Crippen molar-refractivity contribution >= 4 is 32.2 Å². The minimum absolute atomic E-state index is 0.181. The van der Waals surface area contributed by atoms with Crippen molar-refractivity contribution in [2.24, 2.45) is 0 Å². The molecule has 1 N–H and O–H groups in total. The van der Waals surface area contributed by atoms with Crippen LogP contribution in [-0.4, -0.2) is 22.9 Å². The number of nitrogens with zero attached hydrogens (tertiary/aromatic N) is 2. The molecule has 0 aliphatic carbocycles. The molecule has 0 bridgehead atoms. The van der Waals surface area contributed by atoms with E-state index < -0.39 is 10.1 Å². The van der Waals surface area contributed by atoms with Crippen molar-refractivity contribution in [2.45, 2.75) is 4.90 Å². The maximum atomic E-state index is 11.0. The lowest BCUT2D eigenvalue weighted by Gasteiger charge is -2.02. The van der Waals surface area contributed by atoms with Crippen molar-refractivity contribution in [2.75, 3.05) is 0 Å². The molecule has 3 rings (SSSR count). The lowest BCUT2D eigenvalue weighted by atomic mass is 10.2. The van der Waals surface area contributed by atoms with Crippen molar-refractivity contribution in [3.63, 3.8) is 0 Å². The van der Waals surface area contributed by atoms with Crippen LogP contribution in [-0.2, 0) is 10.1 Å². The summed E-state index contributed by atoms with van der Waals surface area (Å²) < 4.78 is 31.1. The van der Waals surface area contributed by atoms with Gasteiger partial charge in [-0.05, 0) is 30.3 Å². The second kappa shape index (κ2) is 3.72. The first-order valence-electron chi connectivity index (χ1n) is 5.18. The topological polar surface area (TPSA) is 80.2 Å². The van der Waals surface area contributed by atoms with E-state index in [2.05, 4.69) is 9.97 Å². The van der Waals surface area contributed by atoms with Crippen molar-refractivity contribution in [3.05, 3.63) is 42.5 Å². The molecule has 5 nitrogen and oxygen atoms in total. The van der Waals surface area contributed by atoms with Gasteiger partial charge in [-0.2, -0.15) is 8.42 Å². The predicted molar refractivity (Wildman–Crippen MR) is 66.9 cm³/mol. The fraction of sp³-hybridized carbons (Fsp3) is 0. The molecule has 0 aliphatic heterocycles.